The van der Waals surface area contributed by atoms with Crippen molar-refractivity contribution >= 4 is 29.2 Å². The van der Waals surface area contributed by atoms with E-state index in [2.05, 4.69) is 5.32 Å². The van der Waals surface area contributed by atoms with Crippen molar-refractivity contribution in [1.82, 2.24) is 5.32 Å². The Hall–Kier alpha value is -0.810. The van der Waals surface area contributed by atoms with Crippen molar-refractivity contribution in [2.24, 2.45) is 5.92 Å². The standard InChI is InChI=1S/C14H17Cl2NO3/c15-11-3-1-9(7-12(11)16)14-10(2-4-13(18)19)8-17-5-6-20-14/h1,3,7,10,14,17H,2,4-6,8H2,(H,18,19). The van der Waals surface area contributed by atoms with Crippen LogP contribution in [0.2, 0.25) is 10.0 Å². The van der Waals surface area contributed by atoms with Crippen molar-refractivity contribution in [3.05, 3.63) is 33.8 Å². The van der Waals surface area contributed by atoms with Gasteiger partial charge in [0.15, 0.2) is 0 Å². The summed E-state index contributed by atoms with van der Waals surface area (Å²) in [5.41, 5.74) is 0.943. The zero-order valence-electron chi connectivity index (χ0n) is 10.9. The second-order valence-corrected chi connectivity index (χ2v) is 5.68. The molecule has 2 atom stereocenters. The highest BCUT2D eigenvalue weighted by atomic mass is 35.5. The first-order valence-corrected chi connectivity index (χ1v) is 7.32. The number of hydrogen-bond donors (Lipinski definition) is 2. The van der Waals surface area contributed by atoms with Gasteiger partial charge in [0.1, 0.15) is 0 Å². The predicted molar refractivity (Wildman–Crippen MR) is 78.4 cm³/mol. The molecule has 1 aromatic rings. The maximum atomic E-state index is 10.8. The Morgan fingerprint density at radius 3 is 2.90 bits per heavy atom. The summed E-state index contributed by atoms with van der Waals surface area (Å²) in [7, 11) is 0. The summed E-state index contributed by atoms with van der Waals surface area (Å²) in [5, 5.41) is 13.1. The minimum Gasteiger partial charge on any atom is -0.481 e. The molecule has 4 nitrogen and oxygen atoms in total. The highest BCUT2D eigenvalue weighted by Gasteiger charge is 2.27. The van der Waals surface area contributed by atoms with Crippen LogP contribution >= 0.6 is 23.2 Å². The van der Waals surface area contributed by atoms with Gasteiger partial charge in [-0.05, 0) is 24.1 Å². The average molecular weight is 318 g/mol. The maximum Gasteiger partial charge on any atom is 0.303 e. The second-order valence-electron chi connectivity index (χ2n) is 4.86. The van der Waals surface area contributed by atoms with Gasteiger partial charge in [0, 0.05) is 25.4 Å². The van der Waals surface area contributed by atoms with Crippen LogP contribution in [-0.4, -0.2) is 30.8 Å². The van der Waals surface area contributed by atoms with Crippen molar-refractivity contribution in [2.45, 2.75) is 18.9 Å². The normalized spacial score (nSPS) is 23.3. The summed E-state index contributed by atoms with van der Waals surface area (Å²) in [6.45, 7) is 2.09. The molecular formula is C14H17Cl2NO3. The Morgan fingerprint density at radius 2 is 2.20 bits per heavy atom. The van der Waals surface area contributed by atoms with E-state index in [1.165, 1.54) is 0 Å². The van der Waals surface area contributed by atoms with Gasteiger partial charge in [-0.1, -0.05) is 29.3 Å². The fraction of sp³-hybridized carbons (Fsp3) is 0.500. The molecule has 0 bridgehead atoms. The smallest absolute Gasteiger partial charge is 0.303 e. The SMILES string of the molecule is O=C(O)CCC1CNCCOC1c1ccc(Cl)c(Cl)c1. The molecule has 0 aliphatic carbocycles. The Kier molecular flexibility index (Phi) is 5.66. The van der Waals surface area contributed by atoms with E-state index in [0.717, 1.165) is 18.7 Å². The summed E-state index contributed by atoms with van der Waals surface area (Å²) >= 11 is 12.0. The van der Waals surface area contributed by atoms with Gasteiger partial charge in [0.25, 0.3) is 0 Å². The van der Waals surface area contributed by atoms with Gasteiger partial charge in [0.05, 0.1) is 22.8 Å². The molecule has 1 fully saturated rings. The molecule has 1 aliphatic rings. The third-order valence-corrected chi connectivity index (χ3v) is 4.15. The molecule has 2 N–H and O–H groups in total. The molecule has 0 aromatic heterocycles. The highest BCUT2D eigenvalue weighted by molar-refractivity contribution is 6.42. The number of ether oxygens (including phenoxy) is 1. The number of nitrogens with one attached hydrogen (secondary N) is 1. The lowest BCUT2D eigenvalue weighted by molar-refractivity contribution is -0.137. The maximum absolute atomic E-state index is 10.8. The van der Waals surface area contributed by atoms with Crippen LogP contribution in [0, 0.1) is 5.92 Å². The first kappa shape index (κ1) is 15.6. The zero-order chi connectivity index (χ0) is 14.5. The summed E-state index contributed by atoms with van der Waals surface area (Å²) < 4.78 is 5.87. The van der Waals surface area contributed by atoms with Gasteiger partial charge >= 0.3 is 5.97 Å². The van der Waals surface area contributed by atoms with E-state index < -0.39 is 5.97 Å². The molecule has 1 aliphatic heterocycles. The molecule has 1 saturated heterocycles. The van der Waals surface area contributed by atoms with Crippen molar-refractivity contribution < 1.29 is 14.6 Å². The molecule has 6 heteroatoms. The average Bonchev–Trinajstić information content (AvgIpc) is 2.65. The monoisotopic (exact) mass is 317 g/mol. The minimum atomic E-state index is -0.790. The predicted octanol–water partition coefficient (Wildman–Crippen LogP) is 3.14. The first-order chi connectivity index (χ1) is 9.58. The van der Waals surface area contributed by atoms with Crippen LogP contribution in [0.5, 0.6) is 0 Å². The van der Waals surface area contributed by atoms with Crippen LogP contribution in [-0.2, 0) is 9.53 Å². The van der Waals surface area contributed by atoms with E-state index in [0.29, 0.717) is 23.1 Å². The van der Waals surface area contributed by atoms with E-state index in [9.17, 15) is 4.79 Å². The quantitative estimate of drug-likeness (QED) is 0.895. The van der Waals surface area contributed by atoms with Crippen LogP contribution < -0.4 is 5.32 Å². The third-order valence-electron chi connectivity index (χ3n) is 3.41. The Labute approximate surface area is 128 Å². The number of carbonyl (C=O) groups is 1. The van der Waals surface area contributed by atoms with Crippen molar-refractivity contribution in [3.63, 3.8) is 0 Å². The Morgan fingerprint density at radius 1 is 1.40 bits per heavy atom. The highest BCUT2D eigenvalue weighted by Crippen LogP contribution is 2.33. The van der Waals surface area contributed by atoms with Crippen molar-refractivity contribution in [2.75, 3.05) is 19.7 Å². The molecule has 0 spiro atoms. The van der Waals surface area contributed by atoms with E-state index in [4.69, 9.17) is 33.0 Å². The second kappa shape index (κ2) is 7.27. The van der Waals surface area contributed by atoms with E-state index >= 15 is 0 Å². The number of aliphatic carboxylic acids is 1. The summed E-state index contributed by atoms with van der Waals surface area (Å²) in [5.74, 6) is -0.687. The first-order valence-electron chi connectivity index (χ1n) is 6.57. The van der Waals surface area contributed by atoms with Gasteiger partial charge in [0.2, 0.25) is 0 Å². The number of halogens is 2. The van der Waals surface area contributed by atoms with E-state index in [1.54, 1.807) is 12.1 Å². The number of carboxylic acids is 1. The molecule has 2 unspecified atom stereocenters. The van der Waals surface area contributed by atoms with Crippen LogP contribution in [0.4, 0.5) is 0 Å². The molecular weight excluding hydrogens is 301 g/mol. The summed E-state index contributed by atoms with van der Waals surface area (Å²) in [4.78, 5) is 10.8. The van der Waals surface area contributed by atoms with Gasteiger partial charge in [-0.3, -0.25) is 4.79 Å². The molecule has 1 aromatic carbocycles. The molecule has 0 radical (unpaired) electrons. The van der Waals surface area contributed by atoms with E-state index in [1.807, 2.05) is 6.07 Å². The molecule has 0 amide bonds. The van der Waals surface area contributed by atoms with Crippen LogP contribution in [0.15, 0.2) is 18.2 Å². The zero-order valence-corrected chi connectivity index (χ0v) is 12.5. The molecule has 1 heterocycles. The number of benzene rings is 1. The third kappa shape index (κ3) is 4.09. The number of hydrogen-bond acceptors (Lipinski definition) is 3. The molecule has 2 rings (SSSR count). The molecule has 110 valence electrons. The molecule has 0 saturated carbocycles. The van der Waals surface area contributed by atoms with Crippen LogP contribution in [0.1, 0.15) is 24.5 Å². The summed E-state index contributed by atoms with van der Waals surface area (Å²) in [6, 6.07) is 5.43. The van der Waals surface area contributed by atoms with Crippen molar-refractivity contribution in [3.8, 4) is 0 Å². The number of carboxylic acid groups (broad SMARTS) is 1. The van der Waals surface area contributed by atoms with Crippen molar-refractivity contribution in [1.29, 1.82) is 0 Å². The minimum absolute atomic E-state index is 0.103. The fourth-order valence-electron chi connectivity index (χ4n) is 2.41. The van der Waals surface area contributed by atoms with Gasteiger partial charge in [-0.15, -0.1) is 0 Å². The fourth-order valence-corrected chi connectivity index (χ4v) is 2.72. The van der Waals surface area contributed by atoms with E-state index in [-0.39, 0.29) is 18.4 Å². The van der Waals surface area contributed by atoms with Gasteiger partial charge < -0.3 is 15.2 Å². The Bertz CT molecular complexity index is 481. The lowest BCUT2D eigenvalue weighted by Gasteiger charge is -2.25. The van der Waals surface area contributed by atoms with Crippen LogP contribution in [0.3, 0.4) is 0 Å². The van der Waals surface area contributed by atoms with Gasteiger partial charge in [-0.25, -0.2) is 0 Å². The lowest BCUT2D eigenvalue weighted by atomic mass is 9.91. The topological polar surface area (TPSA) is 58.6 Å². The molecule has 20 heavy (non-hydrogen) atoms. The Balaban J connectivity index is 2.18. The summed E-state index contributed by atoms with van der Waals surface area (Å²) in [6.07, 6.45) is 0.542. The lowest BCUT2D eigenvalue weighted by Crippen LogP contribution is -2.25. The largest absolute Gasteiger partial charge is 0.481 e. The number of rotatable bonds is 4. The van der Waals surface area contributed by atoms with Gasteiger partial charge in [-0.2, -0.15) is 0 Å². The van der Waals surface area contributed by atoms with Crippen LogP contribution in [0.25, 0.3) is 0 Å².